The molecule has 0 aliphatic rings. The van der Waals surface area contributed by atoms with Crippen molar-refractivity contribution in [3.05, 3.63) is 0 Å². The van der Waals surface area contributed by atoms with E-state index in [0.29, 0.717) is 0 Å². The van der Waals surface area contributed by atoms with Gasteiger partial charge in [0.1, 0.15) is 0 Å². The Hall–Kier alpha value is -0.620. The van der Waals surface area contributed by atoms with Crippen molar-refractivity contribution in [2.45, 2.75) is 13.2 Å². The first-order chi connectivity index (χ1) is 4.45. The Morgan fingerprint density at radius 3 is 2.30 bits per heavy atom. The van der Waals surface area contributed by atoms with Crippen molar-refractivity contribution in [3.8, 4) is 0 Å². The standard InChI is InChI=1S/C4H7O5S/c1-4(8-3-5)9-10(2,6)7/h4H,1-2H3. The Balaban J connectivity index is 3.80. The van der Waals surface area contributed by atoms with Crippen LogP contribution in [0.4, 0.5) is 0 Å². The molecule has 0 saturated heterocycles. The number of rotatable bonds is 4. The maximum absolute atomic E-state index is 10.3. The van der Waals surface area contributed by atoms with Crippen LogP contribution in [0.25, 0.3) is 0 Å². The summed E-state index contributed by atoms with van der Waals surface area (Å²) in [6.45, 7) is 2.32. The van der Waals surface area contributed by atoms with E-state index in [4.69, 9.17) is 0 Å². The summed E-state index contributed by atoms with van der Waals surface area (Å²) in [5.41, 5.74) is 0. The maximum atomic E-state index is 10.3. The molecule has 1 unspecified atom stereocenters. The first-order valence-electron chi connectivity index (χ1n) is 2.37. The Kier molecular flexibility index (Phi) is 3.31. The zero-order chi connectivity index (χ0) is 8.20. The molecule has 0 spiro atoms. The number of carbonyl (C=O) groups excluding carboxylic acids is 1. The molecule has 0 saturated carbocycles. The highest BCUT2D eigenvalue weighted by molar-refractivity contribution is 7.86. The van der Waals surface area contributed by atoms with Gasteiger partial charge in [0.15, 0.2) is 0 Å². The maximum Gasteiger partial charge on any atom is 0.419 e. The van der Waals surface area contributed by atoms with Crippen molar-refractivity contribution in [2.24, 2.45) is 0 Å². The van der Waals surface area contributed by atoms with Crippen molar-refractivity contribution in [2.75, 3.05) is 6.26 Å². The van der Waals surface area contributed by atoms with E-state index in [1.54, 1.807) is 0 Å². The third-order valence-corrected chi connectivity index (χ3v) is 1.14. The summed E-state index contributed by atoms with van der Waals surface area (Å²) in [5, 5.41) is 0. The molecule has 0 aromatic carbocycles. The zero-order valence-corrected chi connectivity index (χ0v) is 6.34. The molecule has 0 bridgehead atoms. The normalized spacial score (nSPS) is 14.2. The van der Waals surface area contributed by atoms with Crippen molar-refractivity contribution >= 4 is 16.6 Å². The van der Waals surface area contributed by atoms with Gasteiger partial charge in [0.25, 0.3) is 10.1 Å². The van der Waals surface area contributed by atoms with E-state index in [1.165, 1.54) is 6.92 Å². The molecule has 0 aliphatic heterocycles. The molecule has 59 valence electrons. The number of hydrogen-bond acceptors (Lipinski definition) is 5. The van der Waals surface area contributed by atoms with E-state index in [0.717, 1.165) is 12.7 Å². The predicted molar refractivity (Wildman–Crippen MR) is 32.2 cm³/mol. The Bertz CT molecular complexity index is 194. The summed E-state index contributed by atoms with van der Waals surface area (Å²) in [7, 11) is -3.55. The fraction of sp³-hybridized carbons (Fsp3) is 0.750. The van der Waals surface area contributed by atoms with Crippen LogP contribution in [0.2, 0.25) is 0 Å². The van der Waals surface area contributed by atoms with E-state index in [9.17, 15) is 13.2 Å². The van der Waals surface area contributed by atoms with Crippen molar-refractivity contribution in [3.63, 3.8) is 0 Å². The third-order valence-electron chi connectivity index (χ3n) is 0.524. The lowest BCUT2D eigenvalue weighted by molar-refractivity contribution is 0.0159. The SMILES string of the molecule is CC(O[C]=O)OS(C)(=O)=O. The average molecular weight is 167 g/mol. The summed E-state index contributed by atoms with van der Waals surface area (Å²) >= 11 is 0. The summed E-state index contributed by atoms with van der Waals surface area (Å²) in [5.74, 6) is 0. The van der Waals surface area contributed by atoms with E-state index < -0.39 is 16.4 Å². The summed E-state index contributed by atoms with van der Waals surface area (Å²) in [4.78, 5) is 9.48. The molecule has 10 heavy (non-hydrogen) atoms. The molecule has 0 heterocycles. The molecule has 1 radical (unpaired) electrons. The van der Waals surface area contributed by atoms with Gasteiger partial charge < -0.3 is 4.74 Å². The second-order valence-corrected chi connectivity index (χ2v) is 3.17. The smallest absolute Gasteiger partial charge is 0.419 e. The highest BCUT2D eigenvalue weighted by atomic mass is 32.2. The fourth-order valence-corrected chi connectivity index (χ4v) is 0.865. The van der Waals surface area contributed by atoms with Crippen molar-refractivity contribution in [1.29, 1.82) is 0 Å². The van der Waals surface area contributed by atoms with Gasteiger partial charge in [0, 0.05) is 0 Å². The summed E-state index contributed by atoms with van der Waals surface area (Å²) in [6, 6.07) is 0. The summed E-state index contributed by atoms with van der Waals surface area (Å²) < 4.78 is 28.7. The topological polar surface area (TPSA) is 69.7 Å². The average Bonchev–Trinajstić information content (AvgIpc) is 1.59. The number of hydrogen-bond donors (Lipinski definition) is 0. The van der Waals surface area contributed by atoms with E-state index in [1.807, 2.05) is 0 Å². The molecule has 6 heteroatoms. The fourth-order valence-electron chi connectivity index (χ4n) is 0.334. The van der Waals surface area contributed by atoms with E-state index >= 15 is 0 Å². The van der Waals surface area contributed by atoms with Crippen LogP contribution in [0, 0.1) is 0 Å². The highest BCUT2D eigenvalue weighted by Crippen LogP contribution is 1.95. The van der Waals surface area contributed by atoms with Gasteiger partial charge in [-0.05, 0) is 6.92 Å². The molecule has 0 amide bonds. The van der Waals surface area contributed by atoms with Gasteiger partial charge >= 0.3 is 6.47 Å². The quantitative estimate of drug-likeness (QED) is 0.412. The highest BCUT2D eigenvalue weighted by Gasteiger charge is 2.09. The molecule has 0 N–H and O–H groups in total. The predicted octanol–water partition coefficient (Wildman–Crippen LogP) is -0.608. The molecular formula is C4H7O5S. The lowest BCUT2D eigenvalue weighted by Gasteiger charge is -2.05. The van der Waals surface area contributed by atoms with Crippen LogP contribution in [0.5, 0.6) is 0 Å². The van der Waals surface area contributed by atoms with Gasteiger partial charge in [-0.3, -0.25) is 0 Å². The molecular weight excluding hydrogens is 160 g/mol. The lowest BCUT2D eigenvalue weighted by Crippen LogP contribution is -2.16. The van der Waals surface area contributed by atoms with Crippen LogP contribution in [-0.2, 0) is 23.8 Å². The minimum atomic E-state index is -3.55. The third kappa shape index (κ3) is 5.52. The van der Waals surface area contributed by atoms with Crippen molar-refractivity contribution < 1.29 is 22.1 Å². The van der Waals surface area contributed by atoms with Crippen LogP contribution in [0.3, 0.4) is 0 Å². The van der Waals surface area contributed by atoms with Crippen LogP contribution >= 0.6 is 0 Å². The molecule has 5 nitrogen and oxygen atoms in total. The van der Waals surface area contributed by atoms with Gasteiger partial charge in [-0.25, -0.2) is 8.98 Å². The lowest BCUT2D eigenvalue weighted by atomic mass is 10.8. The monoisotopic (exact) mass is 167 g/mol. The largest absolute Gasteiger partial charge is 0.426 e. The van der Waals surface area contributed by atoms with Crippen molar-refractivity contribution in [1.82, 2.24) is 0 Å². The first-order valence-corrected chi connectivity index (χ1v) is 4.18. The Morgan fingerprint density at radius 1 is 1.50 bits per heavy atom. The Labute approximate surface area is 59.1 Å². The minimum Gasteiger partial charge on any atom is -0.426 e. The second kappa shape index (κ2) is 3.52. The zero-order valence-electron chi connectivity index (χ0n) is 5.53. The number of ether oxygens (including phenoxy) is 1. The molecule has 0 fully saturated rings. The molecule has 0 rings (SSSR count). The van der Waals surface area contributed by atoms with Crippen LogP contribution in [-0.4, -0.2) is 27.4 Å². The van der Waals surface area contributed by atoms with Crippen LogP contribution in [0.15, 0.2) is 0 Å². The van der Waals surface area contributed by atoms with Gasteiger partial charge in [0.05, 0.1) is 6.26 Å². The van der Waals surface area contributed by atoms with Crippen LogP contribution < -0.4 is 0 Å². The van der Waals surface area contributed by atoms with Gasteiger partial charge in [-0.15, -0.1) is 0 Å². The molecule has 0 aromatic heterocycles. The van der Waals surface area contributed by atoms with Gasteiger partial charge in [0.2, 0.25) is 6.29 Å². The minimum absolute atomic E-state index is 0.859. The van der Waals surface area contributed by atoms with Gasteiger partial charge in [-0.2, -0.15) is 8.42 Å². The molecule has 0 aliphatic carbocycles. The molecule has 0 aromatic rings. The Morgan fingerprint density at radius 2 is 2.00 bits per heavy atom. The summed E-state index contributed by atoms with van der Waals surface area (Å²) in [6.07, 6.45) is -0.245. The van der Waals surface area contributed by atoms with E-state index in [-0.39, 0.29) is 0 Å². The second-order valence-electron chi connectivity index (χ2n) is 1.57. The van der Waals surface area contributed by atoms with Gasteiger partial charge in [-0.1, -0.05) is 0 Å². The molecule has 1 atom stereocenters. The van der Waals surface area contributed by atoms with E-state index in [2.05, 4.69) is 8.92 Å². The first kappa shape index (κ1) is 9.38. The van der Waals surface area contributed by atoms with Crippen LogP contribution in [0.1, 0.15) is 6.92 Å².